The first-order valence-corrected chi connectivity index (χ1v) is 10.00. The lowest BCUT2D eigenvalue weighted by Crippen LogP contribution is -2.18. The first-order valence-electron chi connectivity index (χ1n) is 10.00. The number of likely N-dealkylation sites (tertiary alicyclic amines) is 1. The largest absolute Gasteiger partial charge is 0.417 e. The molecule has 0 atom stereocenters. The second-order valence-corrected chi connectivity index (χ2v) is 7.70. The number of hydrogen-bond donors (Lipinski definition) is 1. The van der Waals surface area contributed by atoms with Crippen molar-refractivity contribution in [1.82, 2.24) is 9.47 Å². The van der Waals surface area contributed by atoms with Gasteiger partial charge in [-0.05, 0) is 75.7 Å². The number of aromatic nitrogens is 1. The maximum absolute atomic E-state index is 12.2. The number of ether oxygens (including phenoxy) is 1. The summed E-state index contributed by atoms with van der Waals surface area (Å²) in [5.41, 5.74) is 3.26. The van der Waals surface area contributed by atoms with Crippen LogP contribution in [-0.4, -0.2) is 28.6 Å². The van der Waals surface area contributed by atoms with E-state index in [1.54, 1.807) is 12.1 Å². The maximum atomic E-state index is 12.2. The van der Waals surface area contributed by atoms with Gasteiger partial charge in [0.15, 0.2) is 0 Å². The lowest BCUT2D eigenvalue weighted by Gasteiger charge is -2.13. The van der Waals surface area contributed by atoms with Crippen LogP contribution in [0.1, 0.15) is 38.3 Å². The fraction of sp³-hybridized carbons (Fsp3) is 0.348. The molecule has 2 heterocycles. The third-order valence-corrected chi connectivity index (χ3v) is 5.26. The van der Waals surface area contributed by atoms with Crippen molar-refractivity contribution in [2.24, 2.45) is 0 Å². The Balaban J connectivity index is 1.58. The van der Waals surface area contributed by atoms with Crippen LogP contribution in [0.5, 0.6) is 5.75 Å². The smallest absolute Gasteiger partial charge is 0.410 e. The lowest BCUT2D eigenvalue weighted by atomic mass is 10.1. The van der Waals surface area contributed by atoms with Gasteiger partial charge in [-0.3, -0.25) is 10.2 Å². The van der Waals surface area contributed by atoms with Crippen LogP contribution in [-0.2, 0) is 6.54 Å². The van der Waals surface area contributed by atoms with Gasteiger partial charge in [0.1, 0.15) is 5.75 Å². The summed E-state index contributed by atoms with van der Waals surface area (Å²) in [5, 5.41) is 4.05. The molecule has 3 aromatic rings. The van der Waals surface area contributed by atoms with Gasteiger partial charge in [0.25, 0.3) is 0 Å². The molecule has 0 aliphatic carbocycles. The molecule has 0 unspecified atom stereocenters. The molecule has 1 saturated heterocycles. The number of nitrogens with zero attached hydrogens (tertiary/aromatic N) is 2. The standard InChI is InChI=1S/C23H27N3O2/c1-17(2)26-16-18(15-25-12-6-7-13-25)21-14-19(10-11-22(21)26)24-23(27)28-20-8-4-3-5-9-20/h3-5,8-11,14,16-17H,6-7,12-13,15H2,1-2H3,(H,24,27). The van der Waals surface area contributed by atoms with Gasteiger partial charge in [-0.25, -0.2) is 4.79 Å². The van der Waals surface area contributed by atoms with E-state index in [-0.39, 0.29) is 0 Å². The summed E-state index contributed by atoms with van der Waals surface area (Å²) < 4.78 is 7.66. The molecular weight excluding hydrogens is 350 g/mol. The summed E-state index contributed by atoms with van der Waals surface area (Å²) in [6.45, 7) is 7.67. The van der Waals surface area contributed by atoms with Crippen molar-refractivity contribution in [3.63, 3.8) is 0 Å². The summed E-state index contributed by atoms with van der Waals surface area (Å²) in [4.78, 5) is 14.8. The number of carbonyl (C=O) groups excluding carboxylic acids is 1. The summed E-state index contributed by atoms with van der Waals surface area (Å²) in [7, 11) is 0. The quantitative estimate of drug-likeness (QED) is 0.645. The fourth-order valence-corrected chi connectivity index (χ4v) is 3.88. The molecule has 0 spiro atoms. The molecule has 1 fully saturated rings. The maximum Gasteiger partial charge on any atom is 0.417 e. The lowest BCUT2D eigenvalue weighted by molar-refractivity contribution is 0.215. The Hall–Kier alpha value is -2.79. The van der Waals surface area contributed by atoms with Gasteiger partial charge in [0, 0.05) is 35.4 Å². The summed E-state index contributed by atoms with van der Waals surface area (Å²) in [6.07, 6.45) is 4.34. The zero-order valence-corrected chi connectivity index (χ0v) is 16.5. The van der Waals surface area contributed by atoms with E-state index < -0.39 is 6.09 Å². The first kappa shape index (κ1) is 18.6. The fourth-order valence-electron chi connectivity index (χ4n) is 3.88. The summed E-state index contributed by atoms with van der Waals surface area (Å²) in [5.74, 6) is 0.529. The van der Waals surface area contributed by atoms with Crippen molar-refractivity contribution in [3.8, 4) is 5.75 Å². The van der Waals surface area contributed by atoms with Gasteiger partial charge in [0.2, 0.25) is 0 Å². The molecule has 0 radical (unpaired) electrons. The molecule has 1 aliphatic rings. The zero-order chi connectivity index (χ0) is 19.5. The molecule has 0 bridgehead atoms. The van der Waals surface area contributed by atoms with Crippen molar-refractivity contribution in [2.45, 2.75) is 39.3 Å². The van der Waals surface area contributed by atoms with Crippen LogP contribution in [0.3, 0.4) is 0 Å². The van der Waals surface area contributed by atoms with Gasteiger partial charge in [-0.2, -0.15) is 0 Å². The SMILES string of the molecule is CC(C)n1cc(CN2CCCC2)c2cc(NC(=O)Oc3ccccc3)ccc21. The van der Waals surface area contributed by atoms with Crippen molar-refractivity contribution in [2.75, 3.05) is 18.4 Å². The Labute approximate surface area is 165 Å². The van der Waals surface area contributed by atoms with Crippen LogP contribution in [0, 0.1) is 0 Å². The zero-order valence-electron chi connectivity index (χ0n) is 16.5. The first-order chi connectivity index (χ1) is 13.6. The molecule has 1 aliphatic heterocycles. The summed E-state index contributed by atoms with van der Waals surface area (Å²) in [6, 6.07) is 15.6. The number of para-hydroxylation sites is 1. The van der Waals surface area contributed by atoms with E-state index in [4.69, 9.17) is 4.74 Å². The van der Waals surface area contributed by atoms with Crippen molar-refractivity contribution >= 4 is 22.7 Å². The molecule has 1 N–H and O–H groups in total. The molecule has 2 aromatic carbocycles. The number of anilines is 1. The molecular formula is C23H27N3O2. The number of benzene rings is 2. The Kier molecular flexibility index (Phi) is 5.35. The van der Waals surface area contributed by atoms with Crippen LogP contribution in [0.25, 0.3) is 10.9 Å². The molecule has 146 valence electrons. The predicted octanol–water partition coefficient (Wildman–Crippen LogP) is 5.43. The number of fused-ring (bicyclic) bond motifs is 1. The highest BCUT2D eigenvalue weighted by molar-refractivity contribution is 5.92. The van der Waals surface area contributed by atoms with Gasteiger partial charge < -0.3 is 9.30 Å². The molecule has 5 nitrogen and oxygen atoms in total. The number of hydrogen-bond acceptors (Lipinski definition) is 3. The molecule has 1 aromatic heterocycles. The molecule has 4 rings (SSSR count). The molecule has 28 heavy (non-hydrogen) atoms. The van der Waals surface area contributed by atoms with Crippen molar-refractivity contribution in [3.05, 3.63) is 60.3 Å². The second-order valence-electron chi connectivity index (χ2n) is 7.70. The Morgan fingerprint density at radius 3 is 2.57 bits per heavy atom. The van der Waals surface area contributed by atoms with E-state index in [0.717, 1.165) is 25.3 Å². The van der Waals surface area contributed by atoms with E-state index in [9.17, 15) is 4.79 Å². The highest BCUT2D eigenvalue weighted by Crippen LogP contribution is 2.29. The number of rotatable bonds is 5. The minimum Gasteiger partial charge on any atom is -0.410 e. The van der Waals surface area contributed by atoms with E-state index in [1.165, 1.54) is 29.3 Å². The van der Waals surface area contributed by atoms with Crippen LogP contribution >= 0.6 is 0 Å². The van der Waals surface area contributed by atoms with Gasteiger partial charge in [-0.15, -0.1) is 0 Å². The van der Waals surface area contributed by atoms with Crippen molar-refractivity contribution in [1.29, 1.82) is 0 Å². The van der Waals surface area contributed by atoms with E-state index in [0.29, 0.717) is 11.8 Å². The van der Waals surface area contributed by atoms with Gasteiger partial charge in [0.05, 0.1) is 0 Å². The molecule has 0 saturated carbocycles. The van der Waals surface area contributed by atoms with Crippen LogP contribution in [0.2, 0.25) is 0 Å². The normalized spacial score (nSPS) is 14.7. The topological polar surface area (TPSA) is 46.5 Å². The van der Waals surface area contributed by atoms with E-state index in [1.807, 2.05) is 24.3 Å². The number of nitrogens with one attached hydrogen (secondary N) is 1. The monoisotopic (exact) mass is 377 g/mol. The Morgan fingerprint density at radius 2 is 1.86 bits per heavy atom. The Bertz CT molecular complexity index is 957. The van der Waals surface area contributed by atoms with E-state index in [2.05, 4.69) is 47.0 Å². The average molecular weight is 377 g/mol. The highest BCUT2D eigenvalue weighted by Gasteiger charge is 2.17. The minimum atomic E-state index is -0.477. The number of amides is 1. The average Bonchev–Trinajstić information content (AvgIpc) is 3.31. The minimum absolute atomic E-state index is 0.386. The van der Waals surface area contributed by atoms with Crippen LogP contribution in [0.4, 0.5) is 10.5 Å². The second kappa shape index (κ2) is 8.07. The predicted molar refractivity (Wildman–Crippen MR) is 113 cm³/mol. The van der Waals surface area contributed by atoms with Gasteiger partial charge >= 0.3 is 6.09 Å². The van der Waals surface area contributed by atoms with Gasteiger partial charge in [-0.1, -0.05) is 18.2 Å². The van der Waals surface area contributed by atoms with Crippen LogP contribution < -0.4 is 10.1 Å². The Morgan fingerprint density at radius 1 is 1.11 bits per heavy atom. The third kappa shape index (κ3) is 4.04. The molecule has 5 heteroatoms. The number of carbonyl (C=O) groups is 1. The highest BCUT2D eigenvalue weighted by atomic mass is 16.6. The van der Waals surface area contributed by atoms with Crippen LogP contribution in [0.15, 0.2) is 54.7 Å². The molecule has 1 amide bonds. The summed E-state index contributed by atoms with van der Waals surface area (Å²) >= 11 is 0. The van der Waals surface area contributed by atoms with Crippen molar-refractivity contribution < 1.29 is 9.53 Å². The van der Waals surface area contributed by atoms with E-state index >= 15 is 0 Å². The third-order valence-electron chi connectivity index (χ3n) is 5.26.